The summed E-state index contributed by atoms with van der Waals surface area (Å²) in [5.74, 6) is 0.924. The van der Waals surface area contributed by atoms with Gasteiger partial charge < -0.3 is 14.8 Å². The molecule has 112 valence electrons. The monoisotopic (exact) mass is 277 g/mol. The molecule has 1 aliphatic heterocycles. The zero-order valence-corrected chi connectivity index (χ0v) is 13.5. The Balaban J connectivity index is 2.22. The second-order valence-corrected chi connectivity index (χ2v) is 6.80. The van der Waals surface area contributed by atoms with Crippen LogP contribution in [-0.4, -0.2) is 23.9 Å². The van der Waals surface area contributed by atoms with Crippen LogP contribution in [0, 0.1) is 6.92 Å². The maximum Gasteiger partial charge on any atom is 0.142 e. The average molecular weight is 277 g/mol. The van der Waals surface area contributed by atoms with Crippen molar-refractivity contribution in [3.05, 3.63) is 23.8 Å². The topological polar surface area (TPSA) is 30.5 Å². The molecule has 1 unspecified atom stereocenters. The highest BCUT2D eigenvalue weighted by atomic mass is 16.5. The van der Waals surface area contributed by atoms with E-state index in [9.17, 15) is 0 Å². The third kappa shape index (κ3) is 3.26. The Morgan fingerprint density at radius 2 is 2.00 bits per heavy atom. The van der Waals surface area contributed by atoms with Gasteiger partial charge in [-0.2, -0.15) is 0 Å². The SMILES string of the molecule is CCOc1cc(C)ccc1NC1CC(C)(C)OC1(C)C. The lowest BCUT2D eigenvalue weighted by atomic mass is 9.94. The van der Waals surface area contributed by atoms with Crippen LogP contribution in [0.15, 0.2) is 18.2 Å². The molecule has 1 fully saturated rings. The van der Waals surface area contributed by atoms with Crippen LogP contribution >= 0.6 is 0 Å². The van der Waals surface area contributed by atoms with Crippen molar-refractivity contribution in [3.8, 4) is 5.75 Å². The van der Waals surface area contributed by atoms with Gasteiger partial charge in [0.1, 0.15) is 5.75 Å². The second-order valence-electron chi connectivity index (χ2n) is 6.80. The molecule has 0 bridgehead atoms. The lowest BCUT2D eigenvalue weighted by molar-refractivity contribution is -0.0662. The lowest BCUT2D eigenvalue weighted by Crippen LogP contribution is -2.38. The summed E-state index contributed by atoms with van der Waals surface area (Å²) in [4.78, 5) is 0. The van der Waals surface area contributed by atoms with Crippen molar-refractivity contribution < 1.29 is 9.47 Å². The molecule has 0 aromatic heterocycles. The molecular formula is C17H27NO2. The van der Waals surface area contributed by atoms with Crippen LogP contribution in [0.2, 0.25) is 0 Å². The van der Waals surface area contributed by atoms with Gasteiger partial charge in [-0.3, -0.25) is 0 Å². The first-order valence-electron chi connectivity index (χ1n) is 7.44. The zero-order valence-electron chi connectivity index (χ0n) is 13.5. The molecule has 3 nitrogen and oxygen atoms in total. The van der Waals surface area contributed by atoms with E-state index in [0.29, 0.717) is 6.61 Å². The summed E-state index contributed by atoms with van der Waals surface area (Å²) in [6.45, 7) is 13.4. The van der Waals surface area contributed by atoms with Gasteiger partial charge in [-0.1, -0.05) is 6.07 Å². The van der Waals surface area contributed by atoms with Gasteiger partial charge in [0.25, 0.3) is 0 Å². The Morgan fingerprint density at radius 3 is 2.55 bits per heavy atom. The molecule has 1 N–H and O–H groups in total. The van der Waals surface area contributed by atoms with Gasteiger partial charge in [0.05, 0.1) is 29.5 Å². The van der Waals surface area contributed by atoms with Crippen molar-refractivity contribution in [1.29, 1.82) is 0 Å². The van der Waals surface area contributed by atoms with Gasteiger partial charge in [0, 0.05) is 0 Å². The van der Waals surface area contributed by atoms with Crippen molar-refractivity contribution in [1.82, 2.24) is 0 Å². The average Bonchev–Trinajstić information content (AvgIpc) is 2.50. The number of nitrogens with one attached hydrogen (secondary N) is 1. The van der Waals surface area contributed by atoms with E-state index in [4.69, 9.17) is 9.47 Å². The molecule has 1 heterocycles. The van der Waals surface area contributed by atoms with Crippen molar-refractivity contribution in [3.63, 3.8) is 0 Å². The molecule has 3 heteroatoms. The van der Waals surface area contributed by atoms with E-state index in [1.807, 2.05) is 6.92 Å². The summed E-state index contributed by atoms with van der Waals surface area (Å²) in [5.41, 5.74) is 1.99. The first-order chi connectivity index (χ1) is 9.23. The number of ether oxygens (including phenoxy) is 2. The van der Waals surface area contributed by atoms with E-state index in [-0.39, 0.29) is 17.2 Å². The highest BCUT2D eigenvalue weighted by Gasteiger charge is 2.46. The van der Waals surface area contributed by atoms with Crippen LogP contribution in [0.1, 0.15) is 46.6 Å². The van der Waals surface area contributed by atoms with Crippen LogP contribution in [0.25, 0.3) is 0 Å². The molecule has 1 saturated heterocycles. The fourth-order valence-electron chi connectivity index (χ4n) is 3.00. The van der Waals surface area contributed by atoms with E-state index < -0.39 is 0 Å². The molecule has 1 aromatic carbocycles. The molecule has 1 aliphatic rings. The summed E-state index contributed by atoms with van der Waals surface area (Å²) in [7, 11) is 0. The van der Waals surface area contributed by atoms with E-state index in [1.54, 1.807) is 0 Å². The number of hydrogen-bond acceptors (Lipinski definition) is 3. The number of rotatable bonds is 4. The number of benzene rings is 1. The quantitative estimate of drug-likeness (QED) is 0.896. The van der Waals surface area contributed by atoms with Crippen LogP contribution < -0.4 is 10.1 Å². The third-order valence-electron chi connectivity index (χ3n) is 3.84. The summed E-state index contributed by atoms with van der Waals surface area (Å²) >= 11 is 0. The maximum atomic E-state index is 6.14. The molecule has 0 radical (unpaired) electrons. The van der Waals surface area contributed by atoms with E-state index in [2.05, 4.69) is 58.1 Å². The van der Waals surface area contributed by atoms with Crippen LogP contribution in [0.4, 0.5) is 5.69 Å². The smallest absolute Gasteiger partial charge is 0.142 e. The first kappa shape index (κ1) is 15.2. The minimum absolute atomic E-state index is 0.0857. The van der Waals surface area contributed by atoms with E-state index in [1.165, 1.54) is 5.56 Å². The Hall–Kier alpha value is -1.22. The zero-order chi connectivity index (χ0) is 15.0. The van der Waals surface area contributed by atoms with Gasteiger partial charge >= 0.3 is 0 Å². The lowest BCUT2D eigenvalue weighted by Gasteiger charge is -2.29. The molecule has 2 rings (SSSR count). The molecule has 0 spiro atoms. The van der Waals surface area contributed by atoms with Gasteiger partial charge in [-0.05, 0) is 65.7 Å². The van der Waals surface area contributed by atoms with Crippen molar-refractivity contribution in [2.45, 2.75) is 65.2 Å². The van der Waals surface area contributed by atoms with Crippen LogP contribution in [-0.2, 0) is 4.74 Å². The van der Waals surface area contributed by atoms with Crippen molar-refractivity contribution in [2.24, 2.45) is 0 Å². The molecule has 1 aromatic rings. The van der Waals surface area contributed by atoms with Crippen molar-refractivity contribution in [2.75, 3.05) is 11.9 Å². The predicted molar refractivity (Wildman–Crippen MR) is 83.6 cm³/mol. The number of anilines is 1. The maximum absolute atomic E-state index is 6.14. The number of aryl methyl sites for hydroxylation is 1. The van der Waals surface area contributed by atoms with E-state index in [0.717, 1.165) is 17.9 Å². The minimum atomic E-state index is -0.183. The Bertz CT molecular complexity index is 480. The van der Waals surface area contributed by atoms with E-state index >= 15 is 0 Å². The van der Waals surface area contributed by atoms with Gasteiger partial charge in [0.15, 0.2) is 0 Å². The first-order valence-corrected chi connectivity index (χ1v) is 7.44. The number of hydrogen-bond donors (Lipinski definition) is 1. The molecule has 0 amide bonds. The van der Waals surface area contributed by atoms with Gasteiger partial charge in [-0.15, -0.1) is 0 Å². The largest absolute Gasteiger partial charge is 0.492 e. The Labute approximate surface area is 122 Å². The van der Waals surface area contributed by atoms with Crippen molar-refractivity contribution >= 4 is 5.69 Å². The second kappa shape index (κ2) is 5.28. The Morgan fingerprint density at radius 1 is 1.30 bits per heavy atom. The predicted octanol–water partition coefficient (Wildman–Crippen LogP) is 4.15. The van der Waals surface area contributed by atoms with Crippen LogP contribution in [0.3, 0.4) is 0 Å². The normalized spacial score (nSPS) is 23.6. The van der Waals surface area contributed by atoms with Gasteiger partial charge in [0.2, 0.25) is 0 Å². The minimum Gasteiger partial charge on any atom is -0.492 e. The summed E-state index contributed by atoms with van der Waals surface area (Å²) in [5, 5.41) is 3.62. The Kier molecular flexibility index (Phi) is 4.01. The van der Waals surface area contributed by atoms with Crippen LogP contribution in [0.5, 0.6) is 5.75 Å². The fraction of sp³-hybridized carbons (Fsp3) is 0.647. The molecule has 20 heavy (non-hydrogen) atoms. The third-order valence-corrected chi connectivity index (χ3v) is 3.84. The summed E-state index contributed by atoms with van der Waals surface area (Å²) in [6.07, 6.45) is 0.986. The standard InChI is InChI=1S/C17H27NO2/c1-7-19-14-10-12(2)8-9-13(14)18-15-11-16(3,4)20-17(15,5)6/h8-10,15,18H,7,11H2,1-6H3. The fourth-order valence-corrected chi connectivity index (χ4v) is 3.00. The molecular weight excluding hydrogens is 250 g/mol. The summed E-state index contributed by atoms with van der Waals surface area (Å²) < 4.78 is 11.9. The molecule has 0 saturated carbocycles. The summed E-state index contributed by atoms with van der Waals surface area (Å²) in [6, 6.07) is 6.57. The molecule has 0 aliphatic carbocycles. The highest BCUT2D eigenvalue weighted by Crippen LogP contribution is 2.40. The highest BCUT2D eigenvalue weighted by molar-refractivity contribution is 5.58. The molecule has 1 atom stereocenters. The van der Waals surface area contributed by atoms with Gasteiger partial charge in [-0.25, -0.2) is 0 Å².